The van der Waals surface area contributed by atoms with Gasteiger partial charge < -0.3 is 14.4 Å². The van der Waals surface area contributed by atoms with Crippen LogP contribution in [-0.4, -0.2) is 57.4 Å². The number of ether oxygens (including phenoxy) is 2. The van der Waals surface area contributed by atoms with E-state index in [1.807, 2.05) is 12.1 Å². The Hall–Kier alpha value is -2.29. The van der Waals surface area contributed by atoms with Crippen LogP contribution < -0.4 is 9.47 Å². The molecule has 1 saturated heterocycles. The van der Waals surface area contributed by atoms with Gasteiger partial charge in [0.25, 0.3) is 5.91 Å². The Bertz CT molecular complexity index is 1130. The van der Waals surface area contributed by atoms with Crippen molar-refractivity contribution in [1.82, 2.24) is 9.21 Å². The van der Waals surface area contributed by atoms with Crippen LogP contribution >= 0.6 is 11.6 Å². The SMILES string of the molecule is COc1cc2c(cc1OC)CN(C(=O)c1cc(S(=O)(=O)N3CCCCC3)ccc1Cl)CC2. The fraction of sp³-hybridized carbons (Fsp3) is 0.435. The second-order valence-corrected chi connectivity index (χ2v) is 10.4. The molecule has 0 atom stereocenters. The van der Waals surface area contributed by atoms with E-state index in [0.29, 0.717) is 44.1 Å². The number of carbonyl (C=O) groups excluding carboxylic acids is 1. The third kappa shape index (κ3) is 4.31. The Morgan fingerprint density at radius 1 is 0.938 bits per heavy atom. The van der Waals surface area contributed by atoms with Gasteiger partial charge in [-0.05, 0) is 60.7 Å². The Morgan fingerprint density at radius 2 is 1.59 bits per heavy atom. The molecule has 7 nitrogen and oxygen atoms in total. The second kappa shape index (κ2) is 9.29. The predicted octanol–water partition coefficient (Wildman–Crippen LogP) is 3.73. The highest BCUT2D eigenvalue weighted by molar-refractivity contribution is 7.89. The van der Waals surface area contributed by atoms with Gasteiger partial charge in [0.15, 0.2) is 11.5 Å². The summed E-state index contributed by atoms with van der Waals surface area (Å²) in [7, 11) is -0.491. The van der Waals surface area contributed by atoms with Crippen molar-refractivity contribution in [2.24, 2.45) is 0 Å². The smallest absolute Gasteiger partial charge is 0.255 e. The minimum absolute atomic E-state index is 0.107. The van der Waals surface area contributed by atoms with Crippen LogP contribution in [0.2, 0.25) is 5.02 Å². The molecular formula is C23H27ClN2O5S. The second-order valence-electron chi connectivity index (χ2n) is 8.06. The standard InChI is InChI=1S/C23H27ClN2O5S/c1-30-21-12-16-8-11-25(15-17(16)13-22(21)31-2)23(27)19-14-18(6-7-20(19)24)32(28,29)26-9-4-3-5-10-26/h6-7,12-14H,3-5,8-11,15H2,1-2H3. The van der Waals surface area contributed by atoms with Crippen molar-refractivity contribution >= 4 is 27.5 Å². The van der Waals surface area contributed by atoms with Crippen molar-refractivity contribution in [3.05, 3.63) is 52.0 Å². The molecule has 32 heavy (non-hydrogen) atoms. The summed E-state index contributed by atoms with van der Waals surface area (Å²) >= 11 is 6.34. The monoisotopic (exact) mass is 478 g/mol. The number of hydrogen-bond donors (Lipinski definition) is 0. The van der Waals surface area contributed by atoms with E-state index in [-0.39, 0.29) is 21.4 Å². The lowest BCUT2D eigenvalue weighted by Crippen LogP contribution is -2.37. The molecule has 1 fully saturated rings. The molecule has 1 amide bonds. The topological polar surface area (TPSA) is 76.1 Å². The van der Waals surface area contributed by atoms with E-state index in [0.717, 1.165) is 30.4 Å². The molecule has 2 aliphatic rings. The quantitative estimate of drug-likeness (QED) is 0.654. The molecule has 2 aromatic carbocycles. The van der Waals surface area contributed by atoms with Gasteiger partial charge in [-0.3, -0.25) is 4.79 Å². The number of benzene rings is 2. The van der Waals surface area contributed by atoms with E-state index in [4.69, 9.17) is 21.1 Å². The Labute approximate surface area is 193 Å². The van der Waals surface area contributed by atoms with Crippen LogP contribution in [-0.2, 0) is 23.0 Å². The minimum Gasteiger partial charge on any atom is -0.493 e. The summed E-state index contributed by atoms with van der Waals surface area (Å²) in [5.41, 5.74) is 2.27. The number of amides is 1. The molecular weight excluding hydrogens is 452 g/mol. The zero-order chi connectivity index (χ0) is 22.9. The van der Waals surface area contributed by atoms with E-state index < -0.39 is 10.0 Å². The van der Waals surface area contributed by atoms with Crippen molar-refractivity contribution in [3.63, 3.8) is 0 Å². The van der Waals surface area contributed by atoms with E-state index in [9.17, 15) is 13.2 Å². The number of hydrogen-bond acceptors (Lipinski definition) is 5. The molecule has 2 aliphatic heterocycles. The number of nitrogens with zero attached hydrogens (tertiary/aromatic N) is 2. The van der Waals surface area contributed by atoms with Gasteiger partial charge in [0.1, 0.15) is 0 Å². The van der Waals surface area contributed by atoms with Crippen molar-refractivity contribution in [1.29, 1.82) is 0 Å². The Kier molecular flexibility index (Phi) is 6.65. The van der Waals surface area contributed by atoms with Crippen LogP contribution in [0.15, 0.2) is 35.2 Å². The van der Waals surface area contributed by atoms with Gasteiger partial charge in [-0.1, -0.05) is 18.0 Å². The molecule has 172 valence electrons. The molecule has 0 unspecified atom stereocenters. The van der Waals surface area contributed by atoms with Crippen LogP contribution in [0.3, 0.4) is 0 Å². The van der Waals surface area contributed by atoms with E-state index in [1.165, 1.54) is 22.5 Å². The molecule has 0 radical (unpaired) electrons. The lowest BCUT2D eigenvalue weighted by molar-refractivity contribution is 0.0734. The highest BCUT2D eigenvalue weighted by Crippen LogP contribution is 2.34. The van der Waals surface area contributed by atoms with E-state index in [2.05, 4.69) is 0 Å². The van der Waals surface area contributed by atoms with Gasteiger partial charge in [-0.25, -0.2) is 8.42 Å². The molecule has 0 saturated carbocycles. The van der Waals surface area contributed by atoms with Crippen LogP contribution in [0.1, 0.15) is 40.7 Å². The number of sulfonamides is 1. The van der Waals surface area contributed by atoms with Crippen molar-refractivity contribution in [3.8, 4) is 11.5 Å². The largest absolute Gasteiger partial charge is 0.493 e. The fourth-order valence-corrected chi connectivity index (χ4v) is 6.05. The molecule has 2 heterocycles. The fourth-order valence-electron chi connectivity index (χ4n) is 4.31. The molecule has 9 heteroatoms. The van der Waals surface area contributed by atoms with Crippen LogP contribution in [0.5, 0.6) is 11.5 Å². The molecule has 0 bridgehead atoms. The molecule has 2 aromatic rings. The summed E-state index contributed by atoms with van der Waals surface area (Å²) < 4.78 is 38.4. The first-order chi connectivity index (χ1) is 15.3. The summed E-state index contributed by atoms with van der Waals surface area (Å²) in [4.78, 5) is 15.1. The van der Waals surface area contributed by atoms with E-state index in [1.54, 1.807) is 19.1 Å². The number of halogens is 1. The van der Waals surface area contributed by atoms with Gasteiger partial charge in [0, 0.05) is 26.2 Å². The zero-order valence-corrected chi connectivity index (χ0v) is 19.8. The maximum absolute atomic E-state index is 13.3. The number of piperidine rings is 1. The third-order valence-corrected chi connectivity index (χ3v) is 8.35. The lowest BCUT2D eigenvalue weighted by atomic mass is 9.98. The molecule has 0 N–H and O–H groups in total. The summed E-state index contributed by atoms with van der Waals surface area (Å²) in [6, 6.07) is 8.21. The highest BCUT2D eigenvalue weighted by atomic mass is 35.5. The van der Waals surface area contributed by atoms with Gasteiger partial charge in [-0.2, -0.15) is 4.31 Å². The van der Waals surface area contributed by atoms with Crippen molar-refractivity contribution in [2.45, 2.75) is 37.1 Å². The summed E-state index contributed by atoms with van der Waals surface area (Å²) in [6.07, 6.45) is 3.38. The molecule has 0 spiro atoms. The van der Waals surface area contributed by atoms with Crippen LogP contribution in [0.4, 0.5) is 0 Å². The third-order valence-electron chi connectivity index (χ3n) is 6.13. The first-order valence-electron chi connectivity index (χ1n) is 10.7. The zero-order valence-electron chi connectivity index (χ0n) is 18.3. The maximum Gasteiger partial charge on any atom is 0.255 e. The van der Waals surface area contributed by atoms with Crippen LogP contribution in [0.25, 0.3) is 0 Å². The maximum atomic E-state index is 13.3. The van der Waals surface area contributed by atoms with Gasteiger partial charge >= 0.3 is 0 Å². The average Bonchev–Trinajstić information content (AvgIpc) is 2.83. The van der Waals surface area contributed by atoms with Crippen molar-refractivity contribution < 1.29 is 22.7 Å². The summed E-state index contributed by atoms with van der Waals surface area (Å²) in [5.74, 6) is 0.976. The minimum atomic E-state index is -3.66. The van der Waals surface area contributed by atoms with Gasteiger partial charge in [0.05, 0.1) is 29.7 Å². The predicted molar refractivity (Wildman–Crippen MR) is 122 cm³/mol. The molecule has 0 aliphatic carbocycles. The van der Waals surface area contributed by atoms with Gasteiger partial charge in [0.2, 0.25) is 10.0 Å². The first-order valence-corrected chi connectivity index (χ1v) is 12.5. The molecule has 4 rings (SSSR count). The summed E-state index contributed by atoms with van der Waals surface area (Å²) in [6.45, 7) is 1.89. The van der Waals surface area contributed by atoms with Gasteiger partial charge in [-0.15, -0.1) is 0 Å². The van der Waals surface area contributed by atoms with Crippen LogP contribution in [0, 0.1) is 0 Å². The Balaban J connectivity index is 1.61. The summed E-state index contributed by atoms with van der Waals surface area (Å²) in [5, 5.41) is 0.241. The first kappa shape index (κ1) is 22.9. The number of carbonyl (C=O) groups is 1. The number of fused-ring (bicyclic) bond motifs is 1. The molecule has 0 aromatic heterocycles. The number of rotatable bonds is 5. The lowest BCUT2D eigenvalue weighted by Gasteiger charge is -2.30. The average molecular weight is 479 g/mol. The normalized spacial score (nSPS) is 17.0. The van der Waals surface area contributed by atoms with Crippen molar-refractivity contribution in [2.75, 3.05) is 33.9 Å². The van der Waals surface area contributed by atoms with E-state index >= 15 is 0 Å². The number of methoxy groups -OCH3 is 2. The Morgan fingerprint density at radius 3 is 2.25 bits per heavy atom. The highest BCUT2D eigenvalue weighted by Gasteiger charge is 2.29.